The zero-order valence-electron chi connectivity index (χ0n) is 19.7. The van der Waals surface area contributed by atoms with E-state index in [-0.39, 0.29) is 12.3 Å². The highest BCUT2D eigenvalue weighted by Crippen LogP contribution is 2.25. The first-order valence-corrected chi connectivity index (χ1v) is 11.4. The molecule has 0 bridgehead atoms. The third-order valence-corrected chi connectivity index (χ3v) is 6.12. The average Bonchev–Trinajstić information content (AvgIpc) is 3.17. The normalized spacial score (nSPS) is 14.3. The highest BCUT2D eigenvalue weighted by atomic mass is 16.5. The molecule has 1 aromatic heterocycles. The van der Waals surface area contributed by atoms with Gasteiger partial charge in [0.15, 0.2) is 0 Å². The first-order chi connectivity index (χ1) is 16.0. The zero-order chi connectivity index (χ0) is 23.4. The Balaban J connectivity index is 1.56. The van der Waals surface area contributed by atoms with E-state index in [4.69, 9.17) is 4.74 Å². The Hall–Kier alpha value is -3.55. The summed E-state index contributed by atoms with van der Waals surface area (Å²) in [6.45, 7) is 6.22. The van der Waals surface area contributed by atoms with Gasteiger partial charge in [0, 0.05) is 24.6 Å². The third kappa shape index (κ3) is 4.79. The number of fused-ring (bicyclic) bond motifs is 1. The highest BCUT2D eigenvalue weighted by Gasteiger charge is 2.15. The summed E-state index contributed by atoms with van der Waals surface area (Å²) in [5, 5.41) is 16.7. The minimum Gasteiger partial charge on any atom is -0.475 e. The smallest absolute Gasteiger partial charge is 0.368 e. The molecule has 0 N–H and O–H groups in total. The van der Waals surface area contributed by atoms with Crippen LogP contribution in [0.25, 0.3) is 5.69 Å². The Morgan fingerprint density at radius 1 is 1.09 bits per heavy atom. The van der Waals surface area contributed by atoms with E-state index in [9.17, 15) is 4.79 Å². The fourth-order valence-electron chi connectivity index (χ4n) is 4.20. The molecule has 0 radical (unpaired) electrons. The number of ether oxygens (including phenoxy) is 1. The Labute approximate surface area is 193 Å². The second-order valence-electron chi connectivity index (χ2n) is 8.34. The van der Waals surface area contributed by atoms with Crippen molar-refractivity contribution in [1.82, 2.24) is 19.8 Å². The molecule has 0 atom stereocenters. The predicted octanol–water partition coefficient (Wildman–Crippen LogP) is 3.90. The van der Waals surface area contributed by atoms with Gasteiger partial charge in [0.1, 0.15) is 6.61 Å². The number of tetrazole rings is 1. The monoisotopic (exact) mass is 446 g/mol. The Bertz CT molecular complexity index is 1270. The second kappa shape index (κ2) is 9.94. The van der Waals surface area contributed by atoms with Crippen LogP contribution >= 0.6 is 0 Å². The van der Waals surface area contributed by atoms with E-state index in [1.807, 2.05) is 39.0 Å². The second-order valence-corrected chi connectivity index (χ2v) is 8.34. The van der Waals surface area contributed by atoms with Crippen molar-refractivity contribution in [2.75, 3.05) is 0 Å². The number of hydrogen-bond acceptors (Lipinski definition) is 6. The number of benzene rings is 2. The summed E-state index contributed by atoms with van der Waals surface area (Å²) in [6.07, 6.45) is 5.31. The molecule has 172 valence electrons. The lowest BCUT2D eigenvalue weighted by molar-refractivity contribution is 0.282. The van der Waals surface area contributed by atoms with E-state index in [1.54, 1.807) is 7.05 Å². The standard InChI is InChI=1S/C25H30N6O2/c1-5-24(27-26-18(3)20-14-9-12-19-11-6-7-13-21(19)20)33-16-22-17(2)10-8-15-23(22)31-25(32)30(4)28-29-31/h8-10,12,14-15H,5-7,11,13,16H2,1-4H3/b26-18?,27-24+. The molecule has 4 rings (SSSR count). The number of nitrogens with zero attached hydrogens (tertiary/aromatic N) is 6. The molecule has 8 nitrogen and oxygen atoms in total. The van der Waals surface area contributed by atoms with Crippen molar-refractivity contribution < 1.29 is 4.74 Å². The first-order valence-electron chi connectivity index (χ1n) is 11.4. The van der Waals surface area contributed by atoms with Gasteiger partial charge in [0.05, 0.1) is 11.4 Å². The van der Waals surface area contributed by atoms with E-state index < -0.39 is 0 Å². The van der Waals surface area contributed by atoms with Crippen molar-refractivity contribution in [2.45, 2.75) is 59.5 Å². The number of rotatable bonds is 6. The maximum Gasteiger partial charge on any atom is 0.368 e. The van der Waals surface area contributed by atoms with E-state index in [0.29, 0.717) is 18.0 Å². The molecule has 0 spiro atoms. The summed E-state index contributed by atoms with van der Waals surface area (Å²) in [6, 6.07) is 12.2. The van der Waals surface area contributed by atoms with Crippen LogP contribution in [-0.4, -0.2) is 31.4 Å². The molecule has 0 aliphatic heterocycles. The van der Waals surface area contributed by atoms with Crippen molar-refractivity contribution in [3.8, 4) is 5.69 Å². The lowest BCUT2D eigenvalue weighted by Crippen LogP contribution is -2.23. The van der Waals surface area contributed by atoms with Gasteiger partial charge in [-0.1, -0.05) is 37.3 Å². The van der Waals surface area contributed by atoms with E-state index in [1.165, 1.54) is 38.9 Å². The van der Waals surface area contributed by atoms with Crippen molar-refractivity contribution >= 4 is 11.6 Å². The summed E-state index contributed by atoms with van der Waals surface area (Å²) in [5.41, 5.74) is 7.10. The minimum absolute atomic E-state index is 0.257. The summed E-state index contributed by atoms with van der Waals surface area (Å²) in [4.78, 5) is 12.4. The molecule has 0 unspecified atom stereocenters. The molecule has 33 heavy (non-hydrogen) atoms. The summed E-state index contributed by atoms with van der Waals surface area (Å²) < 4.78 is 8.53. The zero-order valence-corrected chi connectivity index (χ0v) is 19.7. The van der Waals surface area contributed by atoms with Crippen LogP contribution in [0.2, 0.25) is 0 Å². The molecular weight excluding hydrogens is 416 g/mol. The van der Waals surface area contributed by atoms with Gasteiger partial charge < -0.3 is 4.74 Å². The quantitative estimate of drug-likeness (QED) is 0.326. The van der Waals surface area contributed by atoms with Crippen LogP contribution in [0.1, 0.15) is 60.9 Å². The Morgan fingerprint density at radius 2 is 1.88 bits per heavy atom. The fraction of sp³-hybridized carbons (Fsp3) is 0.400. The van der Waals surface area contributed by atoms with E-state index in [2.05, 4.69) is 38.8 Å². The SMILES string of the molecule is CC/C(=N\N=C(C)c1cccc2c1CCCC2)OCc1c(C)cccc1-n1nnn(C)c1=O. The number of aryl methyl sites for hydroxylation is 3. The maximum atomic E-state index is 12.4. The Morgan fingerprint density at radius 3 is 2.64 bits per heavy atom. The molecule has 1 aliphatic rings. The molecule has 1 aliphatic carbocycles. The highest BCUT2D eigenvalue weighted by molar-refractivity contribution is 6.00. The molecule has 0 saturated heterocycles. The van der Waals surface area contributed by atoms with Gasteiger partial charge in [-0.25, -0.2) is 4.79 Å². The van der Waals surface area contributed by atoms with E-state index >= 15 is 0 Å². The minimum atomic E-state index is -0.308. The van der Waals surface area contributed by atoms with Crippen molar-refractivity contribution in [1.29, 1.82) is 0 Å². The largest absolute Gasteiger partial charge is 0.475 e. The molecule has 8 heteroatoms. The number of aromatic nitrogens is 4. The topological polar surface area (TPSA) is 86.7 Å². The fourth-order valence-corrected chi connectivity index (χ4v) is 4.20. The average molecular weight is 447 g/mol. The van der Waals surface area contributed by atoms with Gasteiger partial charge in [-0.05, 0) is 72.7 Å². The van der Waals surface area contributed by atoms with Gasteiger partial charge in [-0.15, -0.1) is 5.10 Å². The van der Waals surface area contributed by atoms with Gasteiger partial charge in [0.2, 0.25) is 5.90 Å². The lowest BCUT2D eigenvalue weighted by Gasteiger charge is -2.18. The summed E-state index contributed by atoms with van der Waals surface area (Å²) >= 11 is 0. The van der Waals surface area contributed by atoms with Crippen LogP contribution < -0.4 is 5.69 Å². The molecule has 1 heterocycles. The number of hydrogen-bond donors (Lipinski definition) is 0. The molecule has 0 saturated carbocycles. The molecule has 0 amide bonds. The summed E-state index contributed by atoms with van der Waals surface area (Å²) in [7, 11) is 1.57. The molecule has 3 aromatic rings. The van der Waals surface area contributed by atoms with Crippen LogP contribution in [-0.2, 0) is 31.2 Å². The van der Waals surface area contributed by atoms with Crippen LogP contribution in [0, 0.1) is 6.92 Å². The van der Waals surface area contributed by atoms with E-state index in [0.717, 1.165) is 29.7 Å². The van der Waals surface area contributed by atoms with Gasteiger partial charge in [0.25, 0.3) is 0 Å². The third-order valence-electron chi connectivity index (χ3n) is 6.12. The van der Waals surface area contributed by atoms with Crippen LogP contribution in [0.15, 0.2) is 51.4 Å². The predicted molar refractivity (Wildman–Crippen MR) is 129 cm³/mol. The van der Waals surface area contributed by atoms with Gasteiger partial charge in [-0.2, -0.15) is 14.5 Å². The van der Waals surface area contributed by atoms with Crippen molar-refractivity contribution in [2.24, 2.45) is 17.3 Å². The molecule has 2 aromatic carbocycles. The van der Waals surface area contributed by atoms with Gasteiger partial charge in [-0.3, -0.25) is 0 Å². The van der Waals surface area contributed by atoms with Gasteiger partial charge >= 0.3 is 5.69 Å². The Kier molecular flexibility index (Phi) is 6.82. The lowest BCUT2D eigenvalue weighted by atomic mass is 9.87. The van der Waals surface area contributed by atoms with Crippen LogP contribution in [0.4, 0.5) is 0 Å². The maximum absolute atomic E-state index is 12.4. The van der Waals surface area contributed by atoms with Crippen LogP contribution in [0.5, 0.6) is 0 Å². The first kappa shape index (κ1) is 22.6. The van der Waals surface area contributed by atoms with Crippen molar-refractivity contribution in [3.63, 3.8) is 0 Å². The van der Waals surface area contributed by atoms with Crippen molar-refractivity contribution in [3.05, 3.63) is 74.7 Å². The molecule has 0 fully saturated rings. The summed E-state index contributed by atoms with van der Waals surface area (Å²) in [5.74, 6) is 0.542. The molecular formula is C25H30N6O2. The van der Waals surface area contributed by atoms with Crippen LogP contribution in [0.3, 0.4) is 0 Å².